The van der Waals surface area contributed by atoms with E-state index < -0.39 is 40.0 Å². The minimum Gasteiger partial charge on any atom is -0.508 e. The molecule has 174 valence electrons. The topological polar surface area (TPSA) is 110 Å². The number of rotatable bonds is 5. The van der Waals surface area contributed by atoms with Crippen molar-refractivity contribution >= 4 is 45.6 Å². The largest absolute Gasteiger partial charge is 0.508 e. The Balaban J connectivity index is 2.15. The second-order valence-electron chi connectivity index (χ2n) is 9.39. The summed E-state index contributed by atoms with van der Waals surface area (Å²) in [5, 5.41) is 21.6. The number of fused-ring (bicyclic) bond motifs is 1. The summed E-state index contributed by atoms with van der Waals surface area (Å²) in [5.41, 5.74) is 0.450. The number of benzene rings is 2. The number of nitro benzene ring substituents is 1. The summed E-state index contributed by atoms with van der Waals surface area (Å²) in [7, 11) is -6.55. The maximum Gasteiger partial charge on any atom is 0.289 e. The first-order valence-electron chi connectivity index (χ1n) is 10.1. The smallest absolute Gasteiger partial charge is 0.289 e. The van der Waals surface area contributed by atoms with Crippen molar-refractivity contribution in [2.24, 2.45) is 0 Å². The van der Waals surface area contributed by atoms with Crippen LogP contribution in [0.3, 0.4) is 0 Å². The van der Waals surface area contributed by atoms with Crippen LogP contribution in [0.15, 0.2) is 45.8 Å². The molecule has 0 saturated carbocycles. The zero-order chi connectivity index (χ0) is 24.1. The summed E-state index contributed by atoms with van der Waals surface area (Å²) in [6.07, 6.45) is 0.00721. The van der Waals surface area contributed by atoms with E-state index in [0.717, 1.165) is 4.31 Å². The van der Waals surface area contributed by atoms with Crippen LogP contribution < -0.4 is 4.31 Å². The zero-order valence-electron chi connectivity index (χ0n) is 18.6. The Hall–Kier alpha value is -1.95. The highest BCUT2D eigenvalue weighted by Crippen LogP contribution is 2.43. The van der Waals surface area contributed by atoms with Crippen LogP contribution in [0.25, 0.3) is 0 Å². The van der Waals surface area contributed by atoms with Crippen molar-refractivity contribution in [3.8, 4) is 5.75 Å². The first-order chi connectivity index (χ1) is 14.6. The summed E-state index contributed by atoms with van der Waals surface area (Å²) in [4.78, 5) is 10.4. The molecule has 0 aliphatic carbocycles. The number of phenolic OH excluding ortho intramolecular Hbond substituents is 1. The lowest BCUT2D eigenvalue weighted by atomic mass is 10.0. The summed E-state index contributed by atoms with van der Waals surface area (Å²) in [6, 6.07) is 8.14. The number of nitrogens with zero attached hydrogens (tertiary/aromatic N) is 2. The van der Waals surface area contributed by atoms with E-state index >= 15 is 0 Å². The maximum absolute atomic E-state index is 13.7. The van der Waals surface area contributed by atoms with Crippen molar-refractivity contribution in [2.45, 2.75) is 56.3 Å². The molecule has 1 heterocycles. The molecule has 11 heteroatoms. The van der Waals surface area contributed by atoms with Crippen LogP contribution in [0.2, 0.25) is 18.1 Å². The molecule has 0 saturated heterocycles. The Morgan fingerprint density at radius 3 is 2.47 bits per heavy atom. The fourth-order valence-corrected chi connectivity index (χ4v) is 7.08. The van der Waals surface area contributed by atoms with Gasteiger partial charge in [-0.2, -0.15) is 0 Å². The fraction of sp³-hybridized carbons (Fsp3) is 0.429. The number of aromatic hydroxyl groups is 1. The van der Waals surface area contributed by atoms with Gasteiger partial charge in [0.25, 0.3) is 15.7 Å². The minimum absolute atomic E-state index is 0.0101. The van der Waals surface area contributed by atoms with Gasteiger partial charge in [-0.15, -0.1) is 0 Å². The van der Waals surface area contributed by atoms with Gasteiger partial charge in [0.05, 0.1) is 23.3 Å². The Kier molecular flexibility index (Phi) is 6.51. The van der Waals surface area contributed by atoms with Gasteiger partial charge in [-0.3, -0.25) is 14.4 Å². The molecule has 0 radical (unpaired) electrons. The predicted molar refractivity (Wildman–Crippen MR) is 129 cm³/mol. The molecule has 32 heavy (non-hydrogen) atoms. The lowest BCUT2D eigenvalue weighted by Crippen LogP contribution is -2.50. The van der Waals surface area contributed by atoms with Crippen molar-refractivity contribution in [1.82, 2.24) is 0 Å². The number of sulfonamides is 1. The molecule has 1 N–H and O–H groups in total. The van der Waals surface area contributed by atoms with Gasteiger partial charge >= 0.3 is 0 Å². The Bertz CT molecular complexity index is 1160. The van der Waals surface area contributed by atoms with Crippen LogP contribution in [-0.4, -0.2) is 39.4 Å². The molecule has 1 atom stereocenters. The first kappa shape index (κ1) is 24.7. The summed E-state index contributed by atoms with van der Waals surface area (Å²) < 4.78 is 35.6. The van der Waals surface area contributed by atoms with Crippen LogP contribution in [0.5, 0.6) is 5.75 Å². The third-order valence-corrected chi connectivity index (χ3v) is 13.2. The number of halogens is 1. The van der Waals surface area contributed by atoms with Gasteiger partial charge in [-0.1, -0.05) is 48.8 Å². The molecule has 0 aromatic heterocycles. The molecule has 0 fully saturated rings. The number of phenols is 1. The fourth-order valence-electron chi connectivity index (χ4n) is 3.45. The quantitative estimate of drug-likeness (QED) is 0.315. The summed E-state index contributed by atoms with van der Waals surface area (Å²) >= 11 is 3.43. The number of nitro groups is 1. The van der Waals surface area contributed by atoms with Crippen molar-refractivity contribution in [3.63, 3.8) is 0 Å². The van der Waals surface area contributed by atoms with Crippen LogP contribution in [0, 0.1) is 10.1 Å². The van der Waals surface area contributed by atoms with E-state index in [1.807, 2.05) is 0 Å². The van der Waals surface area contributed by atoms with Gasteiger partial charge < -0.3 is 9.53 Å². The van der Waals surface area contributed by atoms with Gasteiger partial charge in [-0.05, 0) is 35.8 Å². The van der Waals surface area contributed by atoms with E-state index in [4.69, 9.17) is 4.43 Å². The number of hydrogen-bond donors (Lipinski definition) is 1. The molecule has 2 aromatic rings. The van der Waals surface area contributed by atoms with E-state index in [1.165, 1.54) is 36.4 Å². The predicted octanol–water partition coefficient (Wildman–Crippen LogP) is 5.20. The summed E-state index contributed by atoms with van der Waals surface area (Å²) in [5.74, 6) is -0.109. The lowest BCUT2D eigenvalue weighted by Gasteiger charge is -2.43. The van der Waals surface area contributed by atoms with E-state index in [0.29, 0.717) is 16.5 Å². The molecule has 3 rings (SSSR count). The maximum atomic E-state index is 13.7. The molecule has 0 bridgehead atoms. The van der Waals surface area contributed by atoms with Crippen LogP contribution in [0.1, 0.15) is 26.3 Å². The molecular weight excluding hydrogens is 516 g/mol. The number of para-hydroxylation sites is 1. The molecule has 2 aromatic carbocycles. The van der Waals surface area contributed by atoms with E-state index in [2.05, 4.69) is 49.8 Å². The van der Waals surface area contributed by atoms with Gasteiger partial charge in [0.2, 0.25) is 0 Å². The average Bonchev–Trinajstić information content (AvgIpc) is 2.66. The second kappa shape index (κ2) is 8.43. The molecular formula is C21H27BrN2O6SSi. The van der Waals surface area contributed by atoms with Crippen LogP contribution in [0.4, 0.5) is 11.4 Å². The average molecular weight is 544 g/mol. The van der Waals surface area contributed by atoms with E-state index in [-0.39, 0.29) is 23.0 Å². The monoisotopic (exact) mass is 542 g/mol. The van der Waals surface area contributed by atoms with Crippen molar-refractivity contribution < 1.29 is 22.9 Å². The molecule has 0 amide bonds. The van der Waals surface area contributed by atoms with E-state index in [1.54, 1.807) is 0 Å². The van der Waals surface area contributed by atoms with Crippen molar-refractivity contribution in [1.29, 1.82) is 0 Å². The highest BCUT2D eigenvalue weighted by atomic mass is 79.9. The van der Waals surface area contributed by atoms with Crippen molar-refractivity contribution in [2.75, 3.05) is 10.8 Å². The first-order valence-corrected chi connectivity index (χ1v) is 15.2. The molecule has 0 spiro atoms. The Labute approximate surface area is 197 Å². The molecule has 1 aliphatic rings. The SMILES string of the molecule is CC(C)(C)[Si](C)(C)O[C@H]1Cc2c(Br)cc(O)cc2N(S(=O)(=O)c2ccccc2[N+](=O)[O-])C1. The third kappa shape index (κ3) is 4.56. The van der Waals surface area contributed by atoms with E-state index in [9.17, 15) is 23.6 Å². The van der Waals surface area contributed by atoms with Gasteiger partial charge in [0.1, 0.15) is 5.75 Å². The van der Waals surface area contributed by atoms with Crippen LogP contribution >= 0.6 is 15.9 Å². The molecule has 0 unspecified atom stereocenters. The zero-order valence-corrected chi connectivity index (χ0v) is 22.0. The van der Waals surface area contributed by atoms with Gasteiger partial charge in [0.15, 0.2) is 13.2 Å². The second-order valence-corrected chi connectivity index (χ2v) is 16.8. The third-order valence-electron chi connectivity index (χ3n) is 6.12. The normalized spacial score (nSPS) is 17.2. The summed E-state index contributed by atoms with van der Waals surface area (Å²) in [6.45, 7) is 10.5. The standard InChI is InChI=1S/C21H27BrN2O6SSi/c1-21(2,3)32(4,5)30-15-12-16-17(22)10-14(25)11-19(16)23(13-15)31(28,29)20-9-7-6-8-18(20)24(26)27/h6-11,15,25H,12-13H2,1-5H3/t15-/m0/s1. The highest BCUT2D eigenvalue weighted by Gasteiger charge is 2.43. The highest BCUT2D eigenvalue weighted by molar-refractivity contribution is 9.10. The Morgan fingerprint density at radius 2 is 1.88 bits per heavy atom. The van der Waals surface area contributed by atoms with Gasteiger partial charge in [-0.25, -0.2) is 8.42 Å². The van der Waals surface area contributed by atoms with Crippen molar-refractivity contribution in [3.05, 3.63) is 56.5 Å². The Morgan fingerprint density at radius 1 is 1.25 bits per heavy atom. The molecule has 8 nitrogen and oxygen atoms in total. The number of anilines is 1. The van der Waals surface area contributed by atoms with Gasteiger partial charge in [0, 0.05) is 23.0 Å². The molecule has 1 aliphatic heterocycles. The lowest BCUT2D eigenvalue weighted by molar-refractivity contribution is -0.387. The van der Waals surface area contributed by atoms with Crippen LogP contribution in [-0.2, 0) is 20.9 Å². The minimum atomic E-state index is -4.31. The number of hydrogen-bond acceptors (Lipinski definition) is 6.